The van der Waals surface area contributed by atoms with Gasteiger partial charge in [-0.15, -0.1) is 11.3 Å². The van der Waals surface area contributed by atoms with Crippen molar-refractivity contribution in [1.82, 2.24) is 9.97 Å². The van der Waals surface area contributed by atoms with Crippen LogP contribution in [0.1, 0.15) is 42.6 Å². The molecule has 0 bridgehead atoms. The number of carbonyl (C=O) groups excluding carboxylic acids is 1. The number of aromatic nitrogens is 2. The minimum atomic E-state index is -0.705. The molecule has 0 radical (unpaired) electrons. The van der Waals surface area contributed by atoms with Crippen LogP contribution in [-0.2, 0) is 31.8 Å². The Hall–Kier alpha value is -2.35. The Morgan fingerprint density at radius 1 is 1.46 bits per heavy atom. The summed E-state index contributed by atoms with van der Waals surface area (Å²) in [6.07, 6.45) is 3.53. The van der Waals surface area contributed by atoms with Crippen LogP contribution in [-0.4, -0.2) is 29.2 Å². The fourth-order valence-electron chi connectivity index (χ4n) is 3.31. The van der Waals surface area contributed by atoms with Gasteiger partial charge in [0.2, 0.25) is 5.76 Å². The fraction of sp³-hybridized carbons (Fsp3) is 0.500. The van der Waals surface area contributed by atoms with E-state index in [0.717, 1.165) is 24.8 Å². The molecule has 0 spiro atoms. The molecule has 3 heterocycles. The Balaban J connectivity index is 1.61. The van der Waals surface area contributed by atoms with E-state index in [1.165, 1.54) is 11.1 Å². The summed E-state index contributed by atoms with van der Waals surface area (Å²) < 4.78 is 15.6. The van der Waals surface area contributed by atoms with Gasteiger partial charge in [-0.3, -0.25) is 4.79 Å². The minimum absolute atomic E-state index is 0.0205. The SMILES string of the molecule is C[C@H]1CCc2c(sc3nc([C@H](C)OC(=O)C4=COCCO4)[nH]c(=O)c23)C1. The third-order valence-corrected chi connectivity index (χ3v) is 5.85. The second-order valence-corrected chi connectivity index (χ2v) is 7.82. The van der Waals surface area contributed by atoms with Crippen molar-refractivity contribution >= 4 is 27.5 Å². The number of nitrogens with one attached hydrogen (secondary N) is 1. The van der Waals surface area contributed by atoms with Crippen molar-refractivity contribution < 1.29 is 19.0 Å². The number of ether oxygens (including phenoxy) is 3. The molecule has 2 aromatic rings. The van der Waals surface area contributed by atoms with E-state index >= 15 is 0 Å². The van der Waals surface area contributed by atoms with E-state index in [1.807, 2.05) is 0 Å². The maximum Gasteiger partial charge on any atom is 0.377 e. The molecule has 2 aliphatic rings. The lowest BCUT2D eigenvalue weighted by atomic mass is 9.89. The lowest BCUT2D eigenvalue weighted by Crippen LogP contribution is -2.21. The van der Waals surface area contributed by atoms with Crippen molar-refractivity contribution in [1.29, 1.82) is 0 Å². The summed E-state index contributed by atoms with van der Waals surface area (Å²) >= 11 is 1.57. The van der Waals surface area contributed by atoms with Gasteiger partial charge >= 0.3 is 5.97 Å². The molecule has 2 atom stereocenters. The summed E-state index contributed by atoms with van der Waals surface area (Å²) in [5, 5.41) is 0.686. The minimum Gasteiger partial charge on any atom is -0.493 e. The number of hydrogen-bond acceptors (Lipinski definition) is 7. The molecule has 1 aliphatic heterocycles. The topological polar surface area (TPSA) is 90.5 Å². The number of fused-ring (bicyclic) bond motifs is 3. The average molecular weight is 376 g/mol. The van der Waals surface area contributed by atoms with Crippen LogP contribution < -0.4 is 5.56 Å². The first kappa shape index (κ1) is 17.1. The maximum absolute atomic E-state index is 12.6. The molecule has 8 heteroatoms. The van der Waals surface area contributed by atoms with E-state index in [0.29, 0.717) is 35.2 Å². The molecule has 4 rings (SSSR count). The first-order valence-corrected chi connectivity index (χ1v) is 9.54. The second-order valence-electron chi connectivity index (χ2n) is 6.73. The molecule has 1 aliphatic carbocycles. The molecule has 1 N–H and O–H groups in total. The van der Waals surface area contributed by atoms with Gasteiger partial charge in [0.1, 0.15) is 24.3 Å². The summed E-state index contributed by atoms with van der Waals surface area (Å²) in [5.74, 6) is 0.339. The zero-order chi connectivity index (χ0) is 18.3. The zero-order valence-corrected chi connectivity index (χ0v) is 15.5. The van der Waals surface area contributed by atoms with Crippen LogP contribution in [0.25, 0.3) is 10.2 Å². The van der Waals surface area contributed by atoms with Crippen LogP contribution >= 0.6 is 11.3 Å². The zero-order valence-electron chi connectivity index (χ0n) is 14.7. The normalized spacial score (nSPS) is 20.5. The van der Waals surface area contributed by atoms with Gasteiger partial charge in [-0.05, 0) is 37.7 Å². The molecule has 7 nitrogen and oxygen atoms in total. The van der Waals surface area contributed by atoms with Crippen molar-refractivity contribution in [3.63, 3.8) is 0 Å². The van der Waals surface area contributed by atoms with Gasteiger partial charge in [0.15, 0.2) is 11.9 Å². The van der Waals surface area contributed by atoms with Crippen molar-refractivity contribution in [3.05, 3.63) is 38.6 Å². The number of hydrogen-bond donors (Lipinski definition) is 1. The predicted molar refractivity (Wildman–Crippen MR) is 95.9 cm³/mol. The number of carbonyl (C=O) groups is 1. The molecule has 26 heavy (non-hydrogen) atoms. The molecule has 0 fully saturated rings. The van der Waals surface area contributed by atoms with Crippen LogP contribution in [0.15, 0.2) is 16.8 Å². The molecule has 0 unspecified atom stereocenters. The fourth-order valence-corrected chi connectivity index (χ4v) is 4.70. The molecular formula is C18H20N2O5S. The van der Waals surface area contributed by atoms with E-state index in [1.54, 1.807) is 18.3 Å². The Bertz CT molecular complexity index is 945. The number of thiophene rings is 1. The van der Waals surface area contributed by atoms with E-state index in [-0.39, 0.29) is 11.3 Å². The largest absolute Gasteiger partial charge is 0.493 e. The number of aryl methyl sites for hydroxylation is 1. The third kappa shape index (κ3) is 3.09. The molecule has 0 aromatic carbocycles. The van der Waals surface area contributed by atoms with Gasteiger partial charge in [-0.2, -0.15) is 0 Å². The first-order chi connectivity index (χ1) is 12.5. The van der Waals surface area contributed by atoms with Crippen molar-refractivity contribution in [2.24, 2.45) is 5.92 Å². The van der Waals surface area contributed by atoms with Gasteiger partial charge in [-0.1, -0.05) is 6.92 Å². The molecule has 0 saturated heterocycles. The summed E-state index contributed by atoms with van der Waals surface area (Å²) in [5.41, 5.74) is 0.961. The lowest BCUT2D eigenvalue weighted by Gasteiger charge is -2.17. The van der Waals surface area contributed by atoms with Crippen LogP contribution in [0.2, 0.25) is 0 Å². The number of aromatic amines is 1. The molecule has 0 amide bonds. The van der Waals surface area contributed by atoms with Crippen molar-refractivity contribution in [2.75, 3.05) is 13.2 Å². The molecule has 2 aromatic heterocycles. The van der Waals surface area contributed by atoms with Crippen molar-refractivity contribution in [3.8, 4) is 0 Å². The van der Waals surface area contributed by atoms with Gasteiger partial charge in [0, 0.05) is 4.88 Å². The molecular weight excluding hydrogens is 356 g/mol. The second kappa shape index (κ2) is 6.75. The first-order valence-electron chi connectivity index (χ1n) is 8.73. The highest BCUT2D eigenvalue weighted by Gasteiger charge is 2.25. The van der Waals surface area contributed by atoms with E-state index < -0.39 is 12.1 Å². The smallest absolute Gasteiger partial charge is 0.377 e. The molecule has 0 saturated carbocycles. The standard InChI is InChI=1S/C18H20N2O5S/c1-9-3-4-11-13(7-9)26-17-14(11)16(21)19-15(20-17)10(2)25-18(22)12-8-23-5-6-24-12/h8-10H,3-7H2,1-2H3,(H,19,20,21)/t9-,10-/m0/s1. The number of rotatable bonds is 3. The van der Waals surface area contributed by atoms with Crippen molar-refractivity contribution in [2.45, 2.75) is 39.2 Å². The Kier molecular flexibility index (Phi) is 4.44. The molecule has 138 valence electrons. The summed E-state index contributed by atoms with van der Waals surface area (Å²) in [6.45, 7) is 4.60. The van der Waals surface area contributed by atoms with E-state index in [9.17, 15) is 9.59 Å². The monoisotopic (exact) mass is 376 g/mol. The highest BCUT2D eigenvalue weighted by molar-refractivity contribution is 7.18. The Morgan fingerprint density at radius 2 is 2.31 bits per heavy atom. The Morgan fingerprint density at radius 3 is 3.08 bits per heavy atom. The van der Waals surface area contributed by atoms with Crippen LogP contribution in [0.5, 0.6) is 0 Å². The average Bonchev–Trinajstić information content (AvgIpc) is 3.00. The quantitative estimate of drug-likeness (QED) is 0.828. The summed E-state index contributed by atoms with van der Waals surface area (Å²) in [7, 11) is 0. The third-order valence-electron chi connectivity index (χ3n) is 4.70. The van der Waals surface area contributed by atoms with Gasteiger partial charge in [0.25, 0.3) is 5.56 Å². The number of nitrogens with zero attached hydrogens (tertiary/aromatic N) is 1. The van der Waals surface area contributed by atoms with E-state index in [2.05, 4.69) is 16.9 Å². The highest BCUT2D eigenvalue weighted by Crippen LogP contribution is 2.36. The lowest BCUT2D eigenvalue weighted by molar-refractivity contribution is -0.149. The van der Waals surface area contributed by atoms with Crippen LogP contribution in [0.3, 0.4) is 0 Å². The van der Waals surface area contributed by atoms with Gasteiger partial charge in [0.05, 0.1) is 5.39 Å². The van der Waals surface area contributed by atoms with Crippen LogP contribution in [0.4, 0.5) is 0 Å². The van der Waals surface area contributed by atoms with Gasteiger partial charge < -0.3 is 19.2 Å². The Labute approximate surface area is 154 Å². The number of esters is 1. The summed E-state index contributed by atoms with van der Waals surface area (Å²) in [4.78, 5) is 34.0. The highest BCUT2D eigenvalue weighted by atomic mass is 32.1. The summed E-state index contributed by atoms with van der Waals surface area (Å²) in [6, 6.07) is 0. The van der Waals surface area contributed by atoms with E-state index in [4.69, 9.17) is 14.2 Å². The van der Waals surface area contributed by atoms with Crippen LogP contribution in [0, 0.1) is 5.92 Å². The number of H-pyrrole nitrogens is 1. The predicted octanol–water partition coefficient (Wildman–Crippen LogP) is 2.60. The maximum atomic E-state index is 12.6. The van der Waals surface area contributed by atoms with Gasteiger partial charge in [-0.25, -0.2) is 9.78 Å².